The lowest BCUT2D eigenvalue weighted by Crippen LogP contribution is -2.36. The highest BCUT2D eigenvalue weighted by molar-refractivity contribution is 5.95. The lowest BCUT2D eigenvalue weighted by atomic mass is 10.1. The van der Waals surface area contributed by atoms with E-state index in [0.717, 1.165) is 0 Å². The van der Waals surface area contributed by atoms with Crippen molar-refractivity contribution in [2.75, 3.05) is 6.61 Å². The van der Waals surface area contributed by atoms with Gasteiger partial charge in [-0.15, -0.1) is 0 Å². The Kier molecular flexibility index (Phi) is 4.23. The van der Waals surface area contributed by atoms with Crippen LogP contribution in [0.5, 0.6) is 0 Å². The minimum Gasteiger partial charge on any atom is -0.394 e. The van der Waals surface area contributed by atoms with Gasteiger partial charge in [-0.05, 0) is 6.92 Å². The van der Waals surface area contributed by atoms with Crippen LogP contribution in [-0.2, 0) is 0 Å². The van der Waals surface area contributed by atoms with Crippen LogP contribution in [0.15, 0.2) is 0 Å². The third kappa shape index (κ3) is 2.42. The molecular weight excluding hydrogens is 261 g/mol. The van der Waals surface area contributed by atoms with Gasteiger partial charge in [0.2, 0.25) is 5.82 Å². The summed E-state index contributed by atoms with van der Waals surface area (Å²) in [5, 5.41) is 10.5. The maximum atomic E-state index is 13.2. The number of hydrogen-bond donors (Lipinski definition) is 2. The van der Waals surface area contributed by atoms with Gasteiger partial charge in [-0.25, -0.2) is 22.0 Å². The third-order valence-electron chi connectivity index (χ3n) is 2.09. The van der Waals surface area contributed by atoms with Crippen molar-refractivity contribution < 1.29 is 31.9 Å². The van der Waals surface area contributed by atoms with E-state index in [4.69, 9.17) is 5.11 Å². The molecule has 0 unspecified atom stereocenters. The fourth-order valence-electron chi connectivity index (χ4n) is 1.15. The number of aliphatic hydroxyl groups excluding tert-OH is 1. The maximum absolute atomic E-state index is 13.2. The van der Waals surface area contributed by atoms with Crippen molar-refractivity contribution in [2.24, 2.45) is 0 Å². The quantitative estimate of drug-likeness (QED) is 0.496. The summed E-state index contributed by atoms with van der Waals surface area (Å²) in [7, 11) is 0. The summed E-state index contributed by atoms with van der Waals surface area (Å²) in [5.41, 5.74) is -1.58. The second kappa shape index (κ2) is 5.30. The Labute approximate surface area is 98.2 Å². The van der Waals surface area contributed by atoms with E-state index < -0.39 is 53.2 Å². The molecule has 2 N–H and O–H groups in total. The Morgan fingerprint density at radius 2 is 1.44 bits per heavy atom. The summed E-state index contributed by atoms with van der Waals surface area (Å²) in [5.74, 6) is -12.7. The van der Waals surface area contributed by atoms with Crippen LogP contribution in [0, 0.1) is 29.1 Å². The van der Waals surface area contributed by atoms with Gasteiger partial charge in [0.1, 0.15) is 5.56 Å². The third-order valence-corrected chi connectivity index (χ3v) is 2.09. The van der Waals surface area contributed by atoms with Gasteiger partial charge in [0, 0.05) is 6.04 Å². The molecule has 0 aromatic heterocycles. The van der Waals surface area contributed by atoms with Gasteiger partial charge in [-0.1, -0.05) is 0 Å². The predicted molar refractivity (Wildman–Crippen MR) is 50.2 cm³/mol. The summed E-state index contributed by atoms with van der Waals surface area (Å²) in [6.07, 6.45) is 0. The molecule has 0 saturated heterocycles. The molecule has 1 aromatic rings. The molecule has 3 nitrogen and oxygen atoms in total. The number of carbonyl (C=O) groups excluding carboxylic acids is 1. The van der Waals surface area contributed by atoms with Crippen molar-refractivity contribution in [3.8, 4) is 0 Å². The molecule has 1 rings (SSSR count). The topological polar surface area (TPSA) is 49.3 Å². The molecule has 8 heteroatoms. The second-order valence-electron chi connectivity index (χ2n) is 3.50. The van der Waals surface area contributed by atoms with Gasteiger partial charge in [0.05, 0.1) is 6.61 Å². The highest BCUT2D eigenvalue weighted by Gasteiger charge is 2.29. The summed E-state index contributed by atoms with van der Waals surface area (Å²) in [6, 6.07) is -0.896. The van der Waals surface area contributed by atoms with Crippen molar-refractivity contribution in [2.45, 2.75) is 13.0 Å². The van der Waals surface area contributed by atoms with Gasteiger partial charge in [-0.2, -0.15) is 0 Å². The Bertz CT molecular complexity index is 463. The van der Waals surface area contributed by atoms with E-state index in [1.807, 2.05) is 5.32 Å². The van der Waals surface area contributed by atoms with Crippen molar-refractivity contribution >= 4 is 5.91 Å². The van der Waals surface area contributed by atoms with E-state index in [1.165, 1.54) is 6.92 Å². The van der Waals surface area contributed by atoms with Crippen LogP contribution in [0.2, 0.25) is 0 Å². The molecule has 0 aliphatic heterocycles. The number of amides is 1. The van der Waals surface area contributed by atoms with Crippen LogP contribution in [0.4, 0.5) is 22.0 Å². The van der Waals surface area contributed by atoms with Gasteiger partial charge in [0.25, 0.3) is 5.91 Å². The van der Waals surface area contributed by atoms with Crippen molar-refractivity contribution in [3.63, 3.8) is 0 Å². The molecule has 0 saturated carbocycles. The first kappa shape index (κ1) is 14.4. The van der Waals surface area contributed by atoms with Gasteiger partial charge < -0.3 is 10.4 Å². The first-order chi connectivity index (χ1) is 8.31. The van der Waals surface area contributed by atoms with Crippen LogP contribution in [0.3, 0.4) is 0 Å². The average molecular weight is 269 g/mol. The highest BCUT2D eigenvalue weighted by atomic mass is 19.2. The van der Waals surface area contributed by atoms with Gasteiger partial charge in [-0.3, -0.25) is 4.79 Å². The zero-order valence-corrected chi connectivity index (χ0v) is 9.03. The Balaban J connectivity index is 3.29. The number of rotatable bonds is 3. The molecule has 100 valence electrons. The maximum Gasteiger partial charge on any atom is 0.257 e. The lowest BCUT2D eigenvalue weighted by molar-refractivity contribution is 0.0910. The number of halogens is 5. The molecule has 0 fully saturated rings. The highest BCUT2D eigenvalue weighted by Crippen LogP contribution is 2.22. The predicted octanol–water partition coefficient (Wildman–Crippen LogP) is 1.49. The molecule has 0 aliphatic carbocycles. The number of benzene rings is 1. The first-order valence-corrected chi connectivity index (χ1v) is 4.74. The van der Waals surface area contributed by atoms with Crippen LogP contribution >= 0.6 is 0 Å². The Morgan fingerprint density at radius 3 is 1.83 bits per heavy atom. The molecule has 0 heterocycles. The van der Waals surface area contributed by atoms with Crippen LogP contribution in [0.1, 0.15) is 17.3 Å². The molecule has 0 aliphatic rings. The average Bonchev–Trinajstić information content (AvgIpc) is 2.34. The van der Waals surface area contributed by atoms with Crippen LogP contribution in [0.25, 0.3) is 0 Å². The minimum absolute atomic E-state index is 0.554. The van der Waals surface area contributed by atoms with E-state index in [0.29, 0.717) is 0 Å². The van der Waals surface area contributed by atoms with Gasteiger partial charge in [0.15, 0.2) is 23.3 Å². The Morgan fingerprint density at radius 1 is 1.06 bits per heavy atom. The minimum atomic E-state index is -2.34. The standard InChI is InChI=1S/C10H8F5NO2/c1-3(2-17)16-10(18)4-5(11)7(13)9(15)8(14)6(4)12/h3,17H,2H2,1H3,(H,16,18)/t3-/m0/s1. The fourth-order valence-corrected chi connectivity index (χ4v) is 1.15. The van der Waals surface area contributed by atoms with Crippen LogP contribution in [-0.4, -0.2) is 23.7 Å². The van der Waals surface area contributed by atoms with E-state index >= 15 is 0 Å². The summed E-state index contributed by atoms with van der Waals surface area (Å²) >= 11 is 0. The number of hydrogen-bond acceptors (Lipinski definition) is 2. The molecule has 0 bridgehead atoms. The van der Waals surface area contributed by atoms with Crippen LogP contribution < -0.4 is 5.32 Å². The zero-order chi connectivity index (χ0) is 14.0. The zero-order valence-electron chi connectivity index (χ0n) is 9.03. The molecule has 1 atom stereocenters. The van der Waals surface area contributed by atoms with Crippen molar-refractivity contribution in [3.05, 3.63) is 34.6 Å². The summed E-state index contributed by atoms with van der Waals surface area (Å²) in [4.78, 5) is 11.3. The molecule has 1 amide bonds. The number of carbonyl (C=O) groups is 1. The van der Waals surface area contributed by atoms with Crippen molar-refractivity contribution in [1.29, 1.82) is 0 Å². The number of aliphatic hydroxyl groups is 1. The smallest absolute Gasteiger partial charge is 0.257 e. The monoisotopic (exact) mass is 269 g/mol. The molecule has 0 radical (unpaired) electrons. The summed E-state index contributed by atoms with van der Waals surface area (Å²) < 4.78 is 64.6. The number of nitrogens with one attached hydrogen (secondary N) is 1. The second-order valence-corrected chi connectivity index (χ2v) is 3.50. The molecular formula is C10H8F5NO2. The van der Waals surface area contributed by atoms with E-state index in [-0.39, 0.29) is 0 Å². The van der Waals surface area contributed by atoms with Gasteiger partial charge >= 0.3 is 0 Å². The lowest BCUT2D eigenvalue weighted by Gasteiger charge is -2.12. The SMILES string of the molecule is C[C@@H](CO)NC(=O)c1c(F)c(F)c(F)c(F)c1F. The van der Waals surface area contributed by atoms with E-state index in [2.05, 4.69) is 0 Å². The van der Waals surface area contributed by atoms with E-state index in [1.54, 1.807) is 0 Å². The Hall–Kier alpha value is -1.70. The largest absolute Gasteiger partial charge is 0.394 e. The fraction of sp³-hybridized carbons (Fsp3) is 0.300. The molecule has 0 spiro atoms. The molecule has 1 aromatic carbocycles. The molecule has 18 heavy (non-hydrogen) atoms. The van der Waals surface area contributed by atoms with Crippen molar-refractivity contribution in [1.82, 2.24) is 5.32 Å². The first-order valence-electron chi connectivity index (χ1n) is 4.74. The normalized spacial score (nSPS) is 12.4. The van der Waals surface area contributed by atoms with E-state index in [9.17, 15) is 26.7 Å². The summed E-state index contributed by atoms with van der Waals surface area (Å²) in [6.45, 7) is 0.727.